The number of likely N-dealkylation sites (tertiary alicyclic amines) is 1. The fraction of sp³-hybridized carbons (Fsp3) is 0.500. The molecule has 6 nitrogen and oxygen atoms in total. The summed E-state index contributed by atoms with van der Waals surface area (Å²) in [4.78, 5) is 38.0. The van der Waals surface area contributed by atoms with Gasteiger partial charge in [0, 0.05) is 44.6 Å². The number of benzene rings is 1. The van der Waals surface area contributed by atoms with Gasteiger partial charge in [-0.05, 0) is 31.0 Å². The van der Waals surface area contributed by atoms with E-state index in [1.165, 1.54) is 6.07 Å². The lowest BCUT2D eigenvalue weighted by molar-refractivity contribution is -0.135. The number of piperidine rings is 1. The first-order valence-corrected chi connectivity index (χ1v) is 8.66. The van der Waals surface area contributed by atoms with E-state index in [2.05, 4.69) is 5.32 Å². The van der Waals surface area contributed by atoms with Crippen molar-refractivity contribution >= 4 is 30.0 Å². The van der Waals surface area contributed by atoms with Gasteiger partial charge in [0.05, 0.1) is 5.92 Å². The van der Waals surface area contributed by atoms with E-state index in [4.69, 9.17) is 5.73 Å². The van der Waals surface area contributed by atoms with E-state index in [1.54, 1.807) is 4.90 Å². The molecule has 0 spiro atoms. The molecule has 150 valence electrons. The molecule has 1 saturated heterocycles. The predicted octanol–water partition coefficient (Wildman–Crippen LogP) is 1.66. The van der Waals surface area contributed by atoms with Crippen LogP contribution < -0.4 is 11.1 Å². The Morgan fingerprint density at radius 2 is 1.93 bits per heavy atom. The molecule has 1 aliphatic heterocycles. The van der Waals surface area contributed by atoms with Crippen molar-refractivity contribution in [1.29, 1.82) is 0 Å². The number of nitrogens with two attached hydrogens (primary N) is 1. The summed E-state index contributed by atoms with van der Waals surface area (Å²) >= 11 is 0. The van der Waals surface area contributed by atoms with Crippen LogP contribution in [0.3, 0.4) is 0 Å². The van der Waals surface area contributed by atoms with Crippen LogP contribution >= 0.6 is 12.4 Å². The van der Waals surface area contributed by atoms with E-state index in [9.17, 15) is 23.2 Å². The molecule has 0 saturated carbocycles. The molecule has 1 fully saturated rings. The maximum atomic E-state index is 13.2. The first-order chi connectivity index (χ1) is 12.4. The van der Waals surface area contributed by atoms with Gasteiger partial charge in [0.1, 0.15) is 0 Å². The van der Waals surface area contributed by atoms with Crippen molar-refractivity contribution in [3.05, 3.63) is 35.4 Å². The SMILES string of the molecule is Cl.NCCNC(=O)C1CCCN(C(=O)CCC(=O)c2ccc(F)c(F)c2)C1. The van der Waals surface area contributed by atoms with Crippen LogP contribution in [0.5, 0.6) is 0 Å². The molecule has 2 rings (SSSR count). The van der Waals surface area contributed by atoms with Crippen LogP contribution in [0.2, 0.25) is 0 Å². The zero-order chi connectivity index (χ0) is 19.1. The van der Waals surface area contributed by atoms with Gasteiger partial charge in [-0.1, -0.05) is 0 Å². The van der Waals surface area contributed by atoms with E-state index in [-0.39, 0.29) is 48.5 Å². The topological polar surface area (TPSA) is 92.5 Å². The maximum Gasteiger partial charge on any atom is 0.224 e. The number of carbonyl (C=O) groups is 3. The Kier molecular flexibility index (Phi) is 9.31. The number of Topliss-reactive ketones (excluding diaryl/α,β-unsaturated/α-hetero) is 1. The second kappa shape index (κ2) is 10.9. The summed E-state index contributed by atoms with van der Waals surface area (Å²) in [6.07, 6.45) is 1.29. The molecule has 1 heterocycles. The highest BCUT2D eigenvalue weighted by Gasteiger charge is 2.28. The van der Waals surface area contributed by atoms with Gasteiger partial charge in [0.25, 0.3) is 0 Å². The van der Waals surface area contributed by atoms with E-state index < -0.39 is 17.4 Å². The van der Waals surface area contributed by atoms with E-state index in [0.717, 1.165) is 12.1 Å². The summed E-state index contributed by atoms with van der Waals surface area (Å²) in [7, 11) is 0. The normalized spacial score (nSPS) is 16.4. The largest absolute Gasteiger partial charge is 0.355 e. The summed E-state index contributed by atoms with van der Waals surface area (Å²) in [5.74, 6) is -3.16. The Hall–Kier alpha value is -2.06. The van der Waals surface area contributed by atoms with Crippen LogP contribution in [-0.4, -0.2) is 48.7 Å². The van der Waals surface area contributed by atoms with Crippen molar-refractivity contribution in [1.82, 2.24) is 10.2 Å². The van der Waals surface area contributed by atoms with Crippen molar-refractivity contribution in [2.75, 3.05) is 26.2 Å². The number of hydrogen-bond donors (Lipinski definition) is 2. The number of carbonyl (C=O) groups excluding carboxylic acids is 3. The lowest BCUT2D eigenvalue weighted by Crippen LogP contribution is -2.46. The lowest BCUT2D eigenvalue weighted by atomic mass is 9.96. The third-order valence-corrected chi connectivity index (χ3v) is 4.40. The average molecular weight is 404 g/mol. The van der Waals surface area contributed by atoms with Gasteiger partial charge in [-0.3, -0.25) is 14.4 Å². The van der Waals surface area contributed by atoms with E-state index in [1.807, 2.05) is 0 Å². The molecule has 2 amide bonds. The molecule has 1 aliphatic rings. The van der Waals surface area contributed by atoms with Crippen LogP contribution in [0, 0.1) is 17.6 Å². The quantitative estimate of drug-likeness (QED) is 0.677. The van der Waals surface area contributed by atoms with Crippen LogP contribution in [0.15, 0.2) is 18.2 Å². The first kappa shape index (κ1) is 23.0. The molecule has 9 heteroatoms. The minimum Gasteiger partial charge on any atom is -0.355 e. The summed E-state index contributed by atoms with van der Waals surface area (Å²) in [5.41, 5.74) is 5.40. The second-order valence-corrected chi connectivity index (χ2v) is 6.31. The summed E-state index contributed by atoms with van der Waals surface area (Å²) in [6.45, 7) is 1.60. The standard InChI is InChI=1S/C18H23F2N3O3.ClH/c19-14-4-3-12(10-15(14)20)16(24)5-6-17(25)23-9-1-2-13(11-23)18(26)22-8-7-21;/h3-4,10,13H,1-2,5-9,11,21H2,(H,22,26);1H. The molecular formula is C18H24ClF2N3O3. The third-order valence-electron chi connectivity index (χ3n) is 4.40. The van der Waals surface area contributed by atoms with Gasteiger partial charge in [-0.25, -0.2) is 8.78 Å². The minimum absolute atomic E-state index is 0. The van der Waals surface area contributed by atoms with Crippen LogP contribution in [-0.2, 0) is 9.59 Å². The lowest BCUT2D eigenvalue weighted by Gasteiger charge is -2.32. The Balaban J connectivity index is 0.00000364. The van der Waals surface area contributed by atoms with Gasteiger partial charge in [-0.2, -0.15) is 0 Å². The molecule has 0 bridgehead atoms. The molecule has 1 unspecified atom stereocenters. The van der Waals surface area contributed by atoms with Crippen LogP contribution in [0.25, 0.3) is 0 Å². The third kappa shape index (κ3) is 6.55. The molecule has 1 aromatic carbocycles. The van der Waals surface area contributed by atoms with Crippen LogP contribution in [0.1, 0.15) is 36.0 Å². The van der Waals surface area contributed by atoms with Crippen LogP contribution in [0.4, 0.5) is 8.78 Å². The Labute approximate surface area is 162 Å². The Morgan fingerprint density at radius 3 is 2.59 bits per heavy atom. The number of nitrogens with one attached hydrogen (secondary N) is 1. The monoisotopic (exact) mass is 403 g/mol. The van der Waals surface area contributed by atoms with Gasteiger partial charge in [0.2, 0.25) is 11.8 Å². The van der Waals surface area contributed by atoms with Gasteiger partial charge in [-0.15, -0.1) is 12.4 Å². The van der Waals surface area contributed by atoms with Gasteiger partial charge in [0.15, 0.2) is 17.4 Å². The molecule has 0 aromatic heterocycles. The number of ketones is 1. The highest BCUT2D eigenvalue weighted by Crippen LogP contribution is 2.18. The first-order valence-electron chi connectivity index (χ1n) is 8.66. The molecule has 1 atom stereocenters. The van der Waals surface area contributed by atoms with Crippen molar-refractivity contribution in [3.8, 4) is 0 Å². The van der Waals surface area contributed by atoms with Crippen molar-refractivity contribution in [2.45, 2.75) is 25.7 Å². The number of rotatable bonds is 7. The zero-order valence-corrected chi connectivity index (χ0v) is 15.7. The molecule has 0 aliphatic carbocycles. The summed E-state index contributed by atoms with van der Waals surface area (Å²) in [5, 5.41) is 2.72. The highest BCUT2D eigenvalue weighted by molar-refractivity contribution is 5.98. The molecule has 0 radical (unpaired) electrons. The Bertz CT molecular complexity index is 688. The summed E-state index contributed by atoms with van der Waals surface area (Å²) in [6, 6.07) is 2.92. The van der Waals surface area contributed by atoms with Crippen molar-refractivity contribution in [2.24, 2.45) is 11.7 Å². The fourth-order valence-electron chi connectivity index (χ4n) is 2.95. The van der Waals surface area contributed by atoms with E-state index in [0.29, 0.717) is 39.0 Å². The average Bonchev–Trinajstić information content (AvgIpc) is 2.66. The zero-order valence-electron chi connectivity index (χ0n) is 14.9. The van der Waals surface area contributed by atoms with Crippen molar-refractivity contribution < 1.29 is 23.2 Å². The highest BCUT2D eigenvalue weighted by atomic mass is 35.5. The predicted molar refractivity (Wildman–Crippen MR) is 98.5 cm³/mol. The van der Waals surface area contributed by atoms with Gasteiger partial charge < -0.3 is 16.0 Å². The Morgan fingerprint density at radius 1 is 1.19 bits per heavy atom. The minimum atomic E-state index is -1.09. The number of amides is 2. The molecular weight excluding hydrogens is 380 g/mol. The second-order valence-electron chi connectivity index (χ2n) is 6.31. The summed E-state index contributed by atoms with van der Waals surface area (Å²) < 4.78 is 26.1. The fourth-order valence-corrected chi connectivity index (χ4v) is 2.95. The van der Waals surface area contributed by atoms with E-state index >= 15 is 0 Å². The number of nitrogens with zero attached hydrogens (tertiary/aromatic N) is 1. The van der Waals surface area contributed by atoms with Gasteiger partial charge >= 0.3 is 0 Å². The maximum absolute atomic E-state index is 13.2. The molecule has 27 heavy (non-hydrogen) atoms. The molecule has 3 N–H and O–H groups in total. The smallest absolute Gasteiger partial charge is 0.224 e. The van der Waals surface area contributed by atoms with Crippen molar-refractivity contribution in [3.63, 3.8) is 0 Å². The molecule has 1 aromatic rings. The number of hydrogen-bond acceptors (Lipinski definition) is 4. The number of halogens is 3.